The van der Waals surface area contributed by atoms with Crippen LogP contribution in [0, 0.1) is 11.6 Å². The van der Waals surface area contributed by atoms with Gasteiger partial charge in [0.15, 0.2) is 0 Å². The normalized spacial score (nSPS) is 12.4. The number of halogens is 4. The van der Waals surface area contributed by atoms with Crippen LogP contribution >= 0.6 is 23.2 Å². The molecule has 0 aliphatic rings. The first kappa shape index (κ1) is 16.2. The SMILES string of the molecule is CCNC(Cc1ccc(F)cc1F)c1cc(Cl)ccc1Cl. The molecule has 0 bridgehead atoms. The monoisotopic (exact) mass is 329 g/mol. The molecular weight excluding hydrogens is 315 g/mol. The second kappa shape index (κ2) is 7.21. The average molecular weight is 330 g/mol. The number of nitrogens with one attached hydrogen (secondary N) is 1. The van der Waals surface area contributed by atoms with Crippen molar-refractivity contribution in [3.8, 4) is 0 Å². The minimum Gasteiger partial charge on any atom is -0.310 e. The second-order valence-corrected chi connectivity index (χ2v) is 5.56. The van der Waals surface area contributed by atoms with Crippen molar-refractivity contribution in [2.45, 2.75) is 19.4 Å². The van der Waals surface area contributed by atoms with Crippen LogP contribution in [-0.4, -0.2) is 6.54 Å². The van der Waals surface area contributed by atoms with E-state index in [0.717, 1.165) is 11.6 Å². The van der Waals surface area contributed by atoms with Crippen LogP contribution in [0.3, 0.4) is 0 Å². The Labute approximate surface area is 132 Å². The molecule has 1 N–H and O–H groups in total. The average Bonchev–Trinajstić information content (AvgIpc) is 2.44. The fraction of sp³-hybridized carbons (Fsp3) is 0.250. The molecule has 0 heterocycles. The highest BCUT2D eigenvalue weighted by atomic mass is 35.5. The third-order valence-corrected chi connectivity index (χ3v) is 3.80. The molecule has 0 saturated carbocycles. The number of hydrogen-bond acceptors (Lipinski definition) is 1. The van der Waals surface area contributed by atoms with Gasteiger partial charge < -0.3 is 5.32 Å². The van der Waals surface area contributed by atoms with E-state index < -0.39 is 11.6 Å². The van der Waals surface area contributed by atoms with Crippen molar-refractivity contribution >= 4 is 23.2 Å². The van der Waals surface area contributed by atoms with E-state index in [4.69, 9.17) is 23.2 Å². The summed E-state index contributed by atoms with van der Waals surface area (Å²) in [6.07, 6.45) is 0.361. The lowest BCUT2D eigenvalue weighted by molar-refractivity contribution is 0.521. The summed E-state index contributed by atoms with van der Waals surface area (Å²) in [5.41, 5.74) is 1.23. The Morgan fingerprint density at radius 1 is 1.10 bits per heavy atom. The summed E-state index contributed by atoms with van der Waals surface area (Å²) in [7, 11) is 0. The highest BCUT2D eigenvalue weighted by Gasteiger charge is 2.17. The van der Waals surface area contributed by atoms with Crippen LogP contribution in [-0.2, 0) is 6.42 Å². The number of hydrogen-bond donors (Lipinski definition) is 1. The number of likely N-dealkylation sites (N-methyl/N-ethyl adjacent to an activating group) is 1. The van der Waals surface area contributed by atoms with Gasteiger partial charge in [-0.1, -0.05) is 36.2 Å². The van der Waals surface area contributed by atoms with E-state index in [1.54, 1.807) is 18.2 Å². The first-order valence-corrected chi connectivity index (χ1v) is 7.39. The summed E-state index contributed by atoms with van der Waals surface area (Å²) in [6, 6.07) is 8.57. The Morgan fingerprint density at radius 2 is 1.86 bits per heavy atom. The first-order chi connectivity index (χ1) is 10.0. The van der Waals surface area contributed by atoms with Crippen molar-refractivity contribution in [2.24, 2.45) is 0 Å². The molecule has 0 amide bonds. The van der Waals surface area contributed by atoms with E-state index in [1.165, 1.54) is 12.1 Å². The summed E-state index contributed by atoms with van der Waals surface area (Å²) in [4.78, 5) is 0. The fourth-order valence-corrected chi connectivity index (χ4v) is 2.66. The van der Waals surface area contributed by atoms with E-state index in [0.29, 0.717) is 28.6 Å². The molecule has 0 saturated heterocycles. The van der Waals surface area contributed by atoms with Gasteiger partial charge in [-0.25, -0.2) is 8.78 Å². The molecule has 2 aromatic rings. The standard InChI is InChI=1S/C16H15Cl2F2N/c1-2-21-16(13-8-11(17)4-6-14(13)18)7-10-3-5-12(19)9-15(10)20/h3-6,8-9,16,21H,2,7H2,1H3. The van der Waals surface area contributed by atoms with Crippen molar-refractivity contribution < 1.29 is 8.78 Å². The second-order valence-electron chi connectivity index (χ2n) is 4.72. The Morgan fingerprint density at radius 3 is 2.52 bits per heavy atom. The van der Waals surface area contributed by atoms with Gasteiger partial charge in [0.05, 0.1) is 0 Å². The fourth-order valence-electron chi connectivity index (χ4n) is 2.23. The minimum absolute atomic E-state index is 0.193. The topological polar surface area (TPSA) is 12.0 Å². The third-order valence-electron chi connectivity index (χ3n) is 3.22. The molecule has 0 aliphatic carbocycles. The van der Waals surface area contributed by atoms with Crippen LogP contribution in [0.1, 0.15) is 24.1 Å². The van der Waals surface area contributed by atoms with Crippen molar-refractivity contribution in [1.82, 2.24) is 5.32 Å². The predicted molar refractivity (Wildman–Crippen MR) is 82.9 cm³/mol. The van der Waals surface area contributed by atoms with Crippen LogP contribution in [0.4, 0.5) is 8.78 Å². The molecule has 1 atom stereocenters. The maximum Gasteiger partial charge on any atom is 0.129 e. The molecule has 112 valence electrons. The molecule has 2 rings (SSSR count). The molecule has 21 heavy (non-hydrogen) atoms. The van der Waals surface area contributed by atoms with Gasteiger partial charge in [-0.2, -0.15) is 0 Å². The molecule has 1 nitrogen and oxygen atoms in total. The Balaban J connectivity index is 2.32. The summed E-state index contributed by atoms with van der Waals surface area (Å²) in [6.45, 7) is 2.64. The quantitative estimate of drug-likeness (QED) is 0.798. The van der Waals surface area contributed by atoms with Gasteiger partial charge in [-0.05, 0) is 48.4 Å². The van der Waals surface area contributed by atoms with Crippen LogP contribution in [0.5, 0.6) is 0 Å². The van der Waals surface area contributed by atoms with Crippen LogP contribution in [0.2, 0.25) is 10.0 Å². The van der Waals surface area contributed by atoms with E-state index in [2.05, 4.69) is 5.32 Å². The van der Waals surface area contributed by atoms with Gasteiger partial charge >= 0.3 is 0 Å². The summed E-state index contributed by atoms with van der Waals surface area (Å²) in [5, 5.41) is 4.38. The lowest BCUT2D eigenvalue weighted by Crippen LogP contribution is -2.23. The Kier molecular flexibility index (Phi) is 5.57. The summed E-state index contributed by atoms with van der Waals surface area (Å²) in [5.74, 6) is -1.15. The smallest absolute Gasteiger partial charge is 0.129 e. The molecule has 0 aliphatic heterocycles. The van der Waals surface area contributed by atoms with Crippen LogP contribution in [0.15, 0.2) is 36.4 Å². The lowest BCUT2D eigenvalue weighted by Gasteiger charge is -2.20. The maximum absolute atomic E-state index is 13.8. The number of rotatable bonds is 5. The van der Waals surface area contributed by atoms with Crippen molar-refractivity contribution in [3.05, 3.63) is 69.2 Å². The molecule has 1 unspecified atom stereocenters. The minimum atomic E-state index is -0.586. The van der Waals surface area contributed by atoms with E-state index in [-0.39, 0.29) is 6.04 Å². The maximum atomic E-state index is 13.8. The van der Waals surface area contributed by atoms with E-state index >= 15 is 0 Å². The van der Waals surface area contributed by atoms with Gasteiger partial charge in [-0.15, -0.1) is 0 Å². The number of benzene rings is 2. The molecule has 0 aromatic heterocycles. The highest BCUT2D eigenvalue weighted by molar-refractivity contribution is 6.33. The molecular formula is C16H15Cl2F2N. The molecule has 0 spiro atoms. The predicted octanol–water partition coefficient (Wildman–Crippen LogP) is 5.16. The highest BCUT2D eigenvalue weighted by Crippen LogP contribution is 2.29. The van der Waals surface area contributed by atoms with Gasteiger partial charge in [0.2, 0.25) is 0 Å². The zero-order valence-electron chi connectivity index (χ0n) is 11.5. The lowest BCUT2D eigenvalue weighted by atomic mass is 9.98. The molecule has 5 heteroatoms. The summed E-state index contributed by atoms with van der Waals surface area (Å²) >= 11 is 12.2. The first-order valence-electron chi connectivity index (χ1n) is 6.63. The molecule has 0 radical (unpaired) electrons. The van der Waals surface area contributed by atoms with Crippen LogP contribution < -0.4 is 5.32 Å². The zero-order chi connectivity index (χ0) is 15.4. The van der Waals surface area contributed by atoms with Gasteiger partial charge in [0.25, 0.3) is 0 Å². The van der Waals surface area contributed by atoms with E-state index in [9.17, 15) is 8.78 Å². The van der Waals surface area contributed by atoms with Gasteiger partial charge in [-0.3, -0.25) is 0 Å². The third kappa shape index (κ3) is 4.16. The molecule has 2 aromatic carbocycles. The van der Waals surface area contributed by atoms with Crippen LogP contribution in [0.25, 0.3) is 0 Å². The Bertz CT molecular complexity index is 632. The largest absolute Gasteiger partial charge is 0.310 e. The summed E-state index contributed by atoms with van der Waals surface area (Å²) < 4.78 is 26.8. The van der Waals surface area contributed by atoms with Gasteiger partial charge in [0.1, 0.15) is 11.6 Å². The van der Waals surface area contributed by atoms with Crippen molar-refractivity contribution in [3.63, 3.8) is 0 Å². The zero-order valence-corrected chi connectivity index (χ0v) is 13.0. The van der Waals surface area contributed by atoms with Gasteiger partial charge in [0, 0.05) is 22.2 Å². The van der Waals surface area contributed by atoms with E-state index in [1.807, 2.05) is 6.92 Å². The van der Waals surface area contributed by atoms with Crippen molar-refractivity contribution in [2.75, 3.05) is 6.54 Å². The Hall–Kier alpha value is -1.16. The van der Waals surface area contributed by atoms with Crippen molar-refractivity contribution in [1.29, 1.82) is 0 Å². The molecule has 0 fully saturated rings.